The van der Waals surface area contributed by atoms with Crippen LogP contribution in [0.15, 0.2) is 24.3 Å². The Morgan fingerprint density at radius 1 is 1.33 bits per heavy atom. The topological polar surface area (TPSA) is 30.9 Å². The molecule has 0 saturated heterocycles. The maximum Gasteiger partial charge on any atom is 0.123 e. The van der Waals surface area contributed by atoms with Crippen molar-refractivity contribution >= 4 is 10.9 Å². The summed E-state index contributed by atoms with van der Waals surface area (Å²) in [6.07, 6.45) is 2.43. The van der Waals surface area contributed by atoms with E-state index < -0.39 is 0 Å². The van der Waals surface area contributed by atoms with Crippen LogP contribution in [0.3, 0.4) is 0 Å². The van der Waals surface area contributed by atoms with Crippen LogP contribution in [-0.2, 0) is 6.54 Å². The molecule has 0 bridgehead atoms. The average molecular weight is 204 g/mol. The molecule has 1 heterocycles. The highest BCUT2D eigenvalue weighted by Gasteiger charge is 2.26. The van der Waals surface area contributed by atoms with Gasteiger partial charge in [-0.05, 0) is 37.1 Å². The average Bonchev–Trinajstić information content (AvgIpc) is 2.99. The minimum absolute atomic E-state index is 0.181. The molecule has 0 aliphatic heterocycles. The molecule has 2 nitrogen and oxygen atoms in total. The quantitative estimate of drug-likeness (QED) is 0.800. The number of fused-ring (bicyclic) bond motifs is 1. The molecule has 78 valence electrons. The van der Waals surface area contributed by atoms with E-state index in [0.717, 1.165) is 16.6 Å². The number of benzene rings is 1. The fourth-order valence-electron chi connectivity index (χ4n) is 2.19. The Morgan fingerprint density at radius 3 is 2.80 bits per heavy atom. The molecule has 2 N–H and O–H groups in total. The highest BCUT2D eigenvalue weighted by atomic mass is 19.1. The maximum atomic E-state index is 13.1. The van der Waals surface area contributed by atoms with Crippen LogP contribution in [0.1, 0.15) is 24.6 Å². The number of nitrogens with zero attached hydrogens (tertiary/aromatic N) is 1. The van der Waals surface area contributed by atoms with E-state index in [1.54, 1.807) is 6.07 Å². The number of aromatic nitrogens is 1. The monoisotopic (exact) mass is 204 g/mol. The Bertz CT molecular complexity index is 512. The first-order valence-corrected chi connectivity index (χ1v) is 5.29. The standard InChI is InChI=1S/C12H13FN2/c13-9-1-4-12-8(5-9)6-11(7-14)15(12)10-2-3-10/h1,4-6,10H,2-3,7,14H2. The van der Waals surface area contributed by atoms with Crippen molar-refractivity contribution in [1.29, 1.82) is 0 Å². The van der Waals surface area contributed by atoms with Crippen LogP contribution < -0.4 is 5.73 Å². The van der Waals surface area contributed by atoms with Crippen molar-refractivity contribution in [3.63, 3.8) is 0 Å². The Balaban J connectivity index is 2.28. The van der Waals surface area contributed by atoms with E-state index in [0.29, 0.717) is 12.6 Å². The Hall–Kier alpha value is -1.35. The second-order valence-corrected chi connectivity index (χ2v) is 4.14. The van der Waals surface area contributed by atoms with Crippen molar-refractivity contribution in [2.45, 2.75) is 25.4 Å². The lowest BCUT2D eigenvalue weighted by atomic mass is 10.2. The Kier molecular flexibility index (Phi) is 1.83. The number of nitrogens with two attached hydrogens (primary N) is 1. The van der Waals surface area contributed by atoms with Crippen LogP contribution in [-0.4, -0.2) is 4.57 Å². The summed E-state index contributed by atoms with van der Waals surface area (Å²) in [4.78, 5) is 0. The van der Waals surface area contributed by atoms with Gasteiger partial charge in [0.25, 0.3) is 0 Å². The summed E-state index contributed by atoms with van der Waals surface area (Å²) in [7, 11) is 0. The second-order valence-electron chi connectivity index (χ2n) is 4.14. The van der Waals surface area contributed by atoms with E-state index in [4.69, 9.17) is 5.73 Å². The smallest absolute Gasteiger partial charge is 0.123 e. The minimum atomic E-state index is -0.181. The molecule has 2 aromatic rings. The third-order valence-corrected chi connectivity index (χ3v) is 3.00. The summed E-state index contributed by atoms with van der Waals surface area (Å²) in [5.74, 6) is -0.181. The molecule has 3 heteroatoms. The molecule has 0 unspecified atom stereocenters. The van der Waals surface area contributed by atoms with Crippen LogP contribution in [0.25, 0.3) is 10.9 Å². The summed E-state index contributed by atoms with van der Waals surface area (Å²) < 4.78 is 15.3. The molecule has 1 aliphatic rings. The molecule has 3 rings (SSSR count). The van der Waals surface area contributed by atoms with E-state index in [-0.39, 0.29) is 5.82 Å². The van der Waals surface area contributed by atoms with E-state index in [9.17, 15) is 4.39 Å². The molecule has 0 atom stereocenters. The largest absolute Gasteiger partial charge is 0.340 e. The highest BCUT2D eigenvalue weighted by molar-refractivity contribution is 5.81. The lowest BCUT2D eigenvalue weighted by Crippen LogP contribution is -2.05. The van der Waals surface area contributed by atoms with Crippen LogP contribution in [0.4, 0.5) is 4.39 Å². The molecule has 1 saturated carbocycles. The first-order chi connectivity index (χ1) is 7.29. The lowest BCUT2D eigenvalue weighted by molar-refractivity contribution is 0.629. The third kappa shape index (κ3) is 1.35. The van der Waals surface area contributed by atoms with Gasteiger partial charge in [0.05, 0.1) is 0 Å². The SMILES string of the molecule is NCc1cc2cc(F)ccc2n1C1CC1. The van der Waals surface area contributed by atoms with Crippen molar-refractivity contribution in [2.24, 2.45) is 5.73 Å². The van der Waals surface area contributed by atoms with Gasteiger partial charge in [-0.1, -0.05) is 0 Å². The number of rotatable bonds is 2. The number of hydrogen-bond donors (Lipinski definition) is 1. The third-order valence-electron chi connectivity index (χ3n) is 3.00. The zero-order valence-corrected chi connectivity index (χ0v) is 8.41. The van der Waals surface area contributed by atoms with Crippen LogP contribution >= 0.6 is 0 Å². The number of halogens is 1. The van der Waals surface area contributed by atoms with Crippen molar-refractivity contribution in [3.05, 3.63) is 35.8 Å². The van der Waals surface area contributed by atoms with Crippen molar-refractivity contribution in [2.75, 3.05) is 0 Å². The summed E-state index contributed by atoms with van der Waals surface area (Å²) in [6.45, 7) is 0.521. The van der Waals surface area contributed by atoms with E-state index in [2.05, 4.69) is 4.57 Å². The van der Waals surface area contributed by atoms with E-state index in [1.807, 2.05) is 12.1 Å². The second kappa shape index (κ2) is 3.07. The zero-order valence-electron chi connectivity index (χ0n) is 8.41. The van der Waals surface area contributed by atoms with Crippen LogP contribution in [0.5, 0.6) is 0 Å². The normalized spacial score (nSPS) is 16.1. The van der Waals surface area contributed by atoms with Crippen LogP contribution in [0, 0.1) is 5.82 Å². The molecule has 1 aromatic carbocycles. The van der Waals surface area contributed by atoms with E-state index in [1.165, 1.54) is 18.9 Å². The van der Waals surface area contributed by atoms with Crippen molar-refractivity contribution in [1.82, 2.24) is 4.57 Å². The molecule has 0 amide bonds. The predicted molar refractivity (Wildman–Crippen MR) is 58.1 cm³/mol. The molecule has 15 heavy (non-hydrogen) atoms. The van der Waals surface area contributed by atoms with Gasteiger partial charge in [0.2, 0.25) is 0 Å². The van der Waals surface area contributed by atoms with Gasteiger partial charge < -0.3 is 10.3 Å². The van der Waals surface area contributed by atoms with Gasteiger partial charge in [0.1, 0.15) is 5.82 Å². The van der Waals surface area contributed by atoms with Gasteiger partial charge in [-0.15, -0.1) is 0 Å². The van der Waals surface area contributed by atoms with E-state index >= 15 is 0 Å². The fraction of sp³-hybridized carbons (Fsp3) is 0.333. The lowest BCUT2D eigenvalue weighted by Gasteiger charge is -2.07. The van der Waals surface area contributed by atoms with Gasteiger partial charge in [-0.2, -0.15) is 0 Å². The molecule has 1 aromatic heterocycles. The molecular formula is C12H13FN2. The van der Waals surface area contributed by atoms with Crippen molar-refractivity contribution < 1.29 is 4.39 Å². The molecule has 1 aliphatic carbocycles. The number of hydrogen-bond acceptors (Lipinski definition) is 1. The van der Waals surface area contributed by atoms with Gasteiger partial charge >= 0.3 is 0 Å². The first kappa shape index (κ1) is 8.92. The summed E-state index contributed by atoms with van der Waals surface area (Å²) in [6, 6.07) is 7.53. The Labute approximate surface area is 87.5 Å². The summed E-state index contributed by atoms with van der Waals surface area (Å²) >= 11 is 0. The first-order valence-electron chi connectivity index (χ1n) is 5.29. The zero-order chi connectivity index (χ0) is 10.4. The molecular weight excluding hydrogens is 191 g/mol. The molecule has 0 spiro atoms. The fourth-order valence-corrected chi connectivity index (χ4v) is 2.19. The van der Waals surface area contributed by atoms with Crippen molar-refractivity contribution in [3.8, 4) is 0 Å². The molecule has 0 radical (unpaired) electrons. The van der Waals surface area contributed by atoms with Crippen LogP contribution in [0.2, 0.25) is 0 Å². The summed E-state index contributed by atoms with van der Waals surface area (Å²) in [5.41, 5.74) is 7.92. The maximum absolute atomic E-state index is 13.1. The molecule has 1 fully saturated rings. The van der Waals surface area contributed by atoms with Gasteiger partial charge in [0.15, 0.2) is 0 Å². The van der Waals surface area contributed by atoms with Gasteiger partial charge in [-0.25, -0.2) is 4.39 Å². The summed E-state index contributed by atoms with van der Waals surface area (Å²) in [5, 5.41) is 0.961. The Morgan fingerprint density at radius 2 is 2.13 bits per heavy atom. The minimum Gasteiger partial charge on any atom is -0.340 e. The van der Waals surface area contributed by atoms with Gasteiger partial charge in [0, 0.05) is 29.2 Å². The van der Waals surface area contributed by atoms with Gasteiger partial charge in [-0.3, -0.25) is 0 Å². The predicted octanol–water partition coefficient (Wildman–Crippen LogP) is 2.57. The highest BCUT2D eigenvalue weighted by Crippen LogP contribution is 2.39.